The van der Waals surface area contributed by atoms with Gasteiger partial charge in [-0.1, -0.05) is 31.2 Å². The molecule has 1 fully saturated rings. The first kappa shape index (κ1) is 20.0. The largest absolute Gasteiger partial charge is 0.398 e. The standard InChI is InChI=1S/C24H26N8/c1-3-17-12-21(30-29-17)14-4-8-16(9-5-14)23-28-24(32(2)31-23)27-20-11-10-19(26)18(13-25)22(20)15-6-7-15/h4-5,8-13,15,25H,3,6-7,26H2,1-2H3,(H,29,30)(H,27,28,31). The Labute approximate surface area is 186 Å². The second-order valence-corrected chi connectivity index (χ2v) is 8.17. The Balaban J connectivity index is 1.42. The first-order valence-corrected chi connectivity index (χ1v) is 10.8. The van der Waals surface area contributed by atoms with E-state index >= 15 is 0 Å². The van der Waals surface area contributed by atoms with Gasteiger partial charge in [-0.3, -0.25) is 5.10 Å². The quantitative estimate of drug-likeness (QED) is 0.253. The van der Waals surface area contributed by atoms with Gasteiger partial charge >= 0.3 is 0 Å². The van der Waals surface area contributed by atoms with Crippen LogP contribution in [0.1, 0.15) is 42.5 Å². The van der Waals surface area contributed by atoms with Crippen molar-refractivity contribution >= 4 is 23.5 Å². The monoisotopic (exact) mass is 426 g/mol. The average molecular weight is 427 g/mol. The molecule has 2 aromatic heterocycles. The summed E-state index contributed by atoms with van der Waals surface area (Å²) >= 11 is 0. The molecule has 2 heterocycles. The molecule has 162 valence electrons. The van der Waals surface area contributed by atoms with Crippen LogP contribution in [0.4, 0.5) is 17.3 Å². The van der Waals surface area contributed by atoms with Crippen LogP contribution in [0, 0.1) is 5.41 Å². The third kappa shape index (κ3) is 3.64. The number of aromatic amines is 1. The summed E-state index contributed by atoms with van der Waals surface area (Å²) in [5, 5.41) is 23.2. The van der Waals surface area contributed by atoms with Crippen molar-refractivity contribution in [2.75, 3.05) is 11.1 Å². The number of nitrogens with one attached hydrogen (secondary N) is 3. The van der Waals surface area contributed by atoms with E-state index in [4.69, 9.17) is 16.1 Å². The predicted octanol–water partition coefficient (Wildman–Crippen LogP) is 4.64. The van der Waals surface area contributed by atoms with Crippen molar-refractivity contribution in [1.29, 1.82) is 5.41 Å². The summed E-state index contributed by atoms with van der Waals surface area (Å²) in [7, 11) is 1.87. The van der Waals surface area contributed by atoms with Crippen molar-refractivity contribution in [2.45, 2.75) is 32.1 Å². The van der Waals surface area contributed by atoms with Crippen LogP contribution in [0.5, 0.6) is 0 Å². The first-order chi connectivity index (χ1) is 15.6. The van der Waals surface area contributed by atoms with Crippen molar-refractivity contribution < 1.29 is 0 Å². The zero-order valence-electron chi connectivity index (χ0n) is 18.2. The highest BCUT2D eigenvalue weighted by molar-refractivity contribution is 5.91. The minimum absolute atomic E-state index is 0.438. The molecule has 1 aliphatic rings. The third-order valence-electron chi connectivity index (χ3n) is 5.91. The molecule has 2 aromatic carbocycles. The topological polar surface area (TPSA) is 121 Å². The van der Waals surface area contributed by atoms with Crippen LogP contribution >= 0.6 is 0 Å². The SMILES string of the molecule is CCc1cc(-c2ccc(-c3nc(Nc4ccc(N)c(C=N)c4C4CC4)n(C)n3)cc2)n[nH]1. The summed E-state index contributed by atoms with van der Waals surface area (Å²) in [5.41, 5.74) is 13.6. The van der Waals surface area contributed by atoms with E-state index in [1.807, 2.05) is 43.4 Å². The molecule has 0 saturated heterocycles. The lowest BCUT2D eigenvalue weighted by molar-refractivity contribution is 0.778. The van der Waals surface area contributed by atoms with E-state index in [1.165, 1.54) is 6.21 Å². The summed E-state index contributed by atoms with van der Waals surface area (Å²) in [4.78, 5) is 4.72. The molecule has 5 N–H and O–H groups in total. The molecule has 1 saturated carbocycles. The number of nitrogens with zero attached hydrogens (tertiary/aromatic N) is 4. The molecule has 0 bridgehead atoms. The summed E-state index contributed by atoms with van der Waals surface area (Å²) < 4.78 is 1.74. The predicted molar refractivity (Wildman–Crippen MR) is 127 cm³/mol. The van der Waals surface area contributed by atoms with E-state index in [-0.39, 0.29) is 0 Å². The summed E-state index contributed by atoms with van der Waals surface area (Å²) in [6.07, 6.45) is 4.51. The maximum absolute atomic E-state index is 7.80. The van der Waals surface area contributed by atoms with Crippen LogP contribution in [0.3, 0.4) is 0 Å². The molecular formula is C24H26N8. The van der Waals surface area contributed by atoms with Crippen LogP contribution in [0.25, 0.3) is 22.6 Å². The minimum Gasteiger partial charge on any atom is -0.398 e. The van der Waals surface area contributed by atoms with Gasteiger partial charge in [-0.15, -0.1) is 5.10 Å². The molecule has 0 aliphatic heterocycles. The zero-order valence-corrected chi connectivity index (χ0v) is 18.2. The van der Waals surface area contributed by atoms with Crippen molar-refractivity contribution in [2.24, 2.45) is 7.05 Å². The molecule has 0 radical (unpaired) electrons. The van der Waals surface area contributed by atoms with E-state index < -0.39 is 0 Å². The summed E-state index contributed by atoms with van der Waals surface area (Å²) in [6.45, 7) is 2.10. The van der Waals surface area contributed by atoms with Crippen LogP contribution in [0.2, 0.25) is 0 Å². The van der Waals surface area contributed by atoms with Gasteiger partial charge in [-0.2, -0.15) is 10.1 Å². The molecule has 8 nitrogen and oxygen atoms in total. The Kier molecular flexibility index (Phi) is 4.97. The Morgan fingerprint density at radius 3 is 2.59 bits per heavy atom. The Hall–Kier alpha value is -3.94. The molecular weight excluding hydrogens is 400 g/mol. The van der Waals surface area contributed by atoms with E-state index in [0.717, 1.165) is 58.6 Å². The maximum Gasteiger partial charge on any atom is 0.225 e. The minimum atomic E-state index is 0.438. The summed E-state index contributed by atoms with van der Waals surface area (Å²) in [6, 6.07) is 14.0. The zero-order chi connectivity index (χ0) is 22.2. The number of hydrogen-bond donors (Lipinski definition) is 4. The van der Waals surface area contributed by atoms with Crippen molar-refractivity contribution in [3.8, 4) is 22.6 Å². The Morgan fingerprint density at radius 2 is 1.94 bits per heavy atom. The van der Waals surface area contributed by atoms with Gasteiger partial charge in [-0.25, -0.2) is 4.68 Å². The normalized spacial score (nSPS) is 13.3. The van der Waals surface area contributed by atoms with Gasteiger partial charge in [0.15, 0.2) is 5.82 Å². The lowest BCUT2D eigenvalue weighted by Crippen LogP contribution is -2.06. The number of aryl methyl sites for hydroxylation is 2. The van der Waals surface area contributed by atoms with Crippen molar-refractivity contribution in [3.63, 3.8) is 0 Å². The molecule has 0 atom stereocenters. The number of anilines is 3. The number of benzene rings is 2. The van der Waals surface area contributed by atoms with Crippen LogP contribution in [0.15, 0.2) is 42.5 Å². The highest BCUT2D eigenvalue weighted by Gasteiger charge is 2.29. The van der Waals surface area contributed by atoms with Gasteiger partial charge in [0, 0.05) is 47.0 Å². The maximum atomic E-state index is 7.80. The van der Waals surface area contributed by atoms with Gasteiger partial charge in [0.05, 0.1) is 5.69 Å². The fourth-order valence-corrected chi connectivity index (χ4v) is 3.95. The fourth-order valence-electron chi connectivity index (χ4n) is 3.95. The fraction of sp³-hybridized carbons (Fsp3) is 0.250. The van der Waals surface area contributed by atoms with Gasteiger partial charge in [-0.05, 0) is 48.9 Å². The Morgan fingerprint density at radius 1 is 1.19 bits per heavy atom. The molecule has 1 aliphatic carbocycles. The van der Waals surface area contributed by atoms with E-state index in [2.05, 4.69) is 33.6 Å². The first-order valence-electron chi connectivity index (χ1n) is 10.8. The van der Waals surface area contributed by atoms with Gasteiger partial charge < -0.3 is 16.5 Å². The number of H-pyrrole nitrogens is 1. The second-order valence-electron chi connectivity index (χ2n) is 8.17. The third-order valence-corrected chi connectivity index (χ3v) is 5.91. The van der Waals surface area contributed by atoms with Crippen LogP contribution < -0.4 is 11.1 Å². The van der Waals surface area contributed by atoms with Crippen molar-refractivity contribution in [1.82, 2.24) is 25.0 Å². The molecule has 0 unspecified atom stereocenters. The number of nitrogens with two attached hydrogens (primary N) is 1. The number of rotatable bonds is 7. The molecule has 0 amide bonds. The molecule has 4 aromatic rings. The molecule has 32 heavy (non-hydrogen) atoms. The summed E-state index contributed by atoms with van der Waals surface area (Å²) in [5.74, 6) is 1.73. The second kappa shape index (κ2) is 7.96. The van der Waals surface area contributed by atoms with Gasteiger partial charge in [0.2, 0.25) is 5.95 Å². The average Bonchev–Trinajstić information content (AvgIpc) is 3.42. The smallest absolute Gasteiger partial charge is 0.225 e. The molecule has 8 heteroatoms. The van der Waals surface area contributed by atoms with Gasteiger partial charge in [0.25, 0.3) is 0 Å². The number of nitrogen functional groups attached to an aromatic ring is 1. The van der Waals surface area contributed by atoms with E-state index in [9.17, 15) is 0 Å². The molecule has 5 rings (SSSR count). The lowest BCUT2D eigenvalue weighted by Gasteiger charge is -2.15. The highest BCUT2D eigenvalue weighted by atomic mass is 15.4. The van der Waals surface area contributed by atoms with E-state index in [1.54, 1.807) is 4.68 Å². The molecule has 0 spiro atoms. The van der Waals surface area contributed by atoms with E-state index in [0.29, 0.717) is 23.4 Å². The van der Waals surface area contributed by atoms with Crippen LogP contribution in [-0.2, 0) is 13.5 Å². The lowest BCUT2D eigenvalue weighted by atomic mass is 10.00. The number of aromatic nitrogens is 5. The Bertz CT molecular complexity index is 1280. The van der Waals surface area contributed by atoms with Crippen LogP contribution in [-0.4, -0.2) is 31.2 Å². The van der Waals surface area contributed by atoms with Crippen molar-refractivity contribution in [3.05, 3.63) is 59.3 Å². The van der Waals surface area contributed by atoms with Gasteiger partial charge in [0.1, 0.15) is 0 Å². The highest BCUT2D eigenvalue weighted by Crippen LogP contribution is 2.46. The number of hydrogen-bond acceptors (Lipinski definition) is 6.